The fourth-order valence-electron chi connectivity index (χ4n) is 3.42. The van der Waals surface area contributed by atoms with Crippen molar-refractivity contribution in [1.29, 1.82) is 0 Å². The van der Waals surface area contributed by atoms with Crippen LogP contribution in [0.3, 0.4) is 0 Å². The summed E-state index contributed by atoms with van der Waals surface area (Å²) in [6.45, 7) is 2.27. The summed E-state index contributed by atoms with van der Waals surface area (Å²) in [4.78, 5) is 28.7. The number of rotatable bonds is 2. The molecule has 1 heterocycles. The lowest BCUT2D eigenvalue weighted by Crippen LogP contribution is -2.59. The minimum Gasteiger partial charge on any atom is -0.338 e. The Morgan fingerprint density at radius 3 is 2.04 bits per heavy atom. The van der Waals surface area contributed by atoms with Gasteiger partial charge in [-0.1, -0.05) is 28.8 Å². The zero-order valence-corrected chi connectivity index (χ0v) is 14.7. The van der Waals surface area contributed by atoms with Gasteiger partial charge in [0.25, 0.3) is 5.91 Å². The molecule has 6 heteroatoms. The van der Waals surface area contributed by atoms with Crippen LogP contribution in [0.1, 0.15) is 36.0 Å². The number of piperazine rings is 1. The molecule has 3 rings (SSSR count). The molecule has 2 fully saturated rings. The molecule has 1 aliphatic carbocycles. The molecule has 1 aromatic carbocycles. The molecule has 1 saturated carbocycles. The van der Waals surface area contributed by atoms with E-state index in [9.17, 15) is 9.59 Å². The topological polar surface area (TPSA) is 66.6 Å². The van der Waals surface area contributed by atoms with Gasteiger partial charge in [0.15, 0.2) is 0 Å². The average Bonchev–Trinajstić information content (AvgIpc) is 3.02. The summed E-state index contributed by atoms with van der Waals surface area (Å²) in [7, 11) is 0. The second kappa shape index (κ2) is 6.61. The van der Waals surface area contributed by atoms with Crippen LogP contribution in [0.5, 0.6) is 0 Å². The summed E-state index contributed by atoms with van der Waals surface area (Å²) in [5.41, 5.74) is 6.27. The van der Waals surface area contributed by atoms with E-state index in [1.165, 1.54) is 0 Å². The van der Waals surface area contributed by atoms with E-state index in [-0.39, 0.29) is 11.8 Å². The Labute approximate surface area is 144 Å². The lowest BCUT2D eigenvalue weighted by atomic mass is 9.97. The van der Waals surface area contributed by atoms with Crippen molar-refractivity contribution < 1.29 is 9.59 Å². The van der Waals surface area contributed by atoms with Crippen molar-refractivity contribution in [3.8, 4) is 0 Å². The predicted octanol–water partition coefficient (Wildman–Crippen LogP) is 2.00. The normalized spacial score (nSPS) is 20.6. The molecule has 0 radical (unpaired) electrons. The molecule has 0 bridgehead atoms. The van der Waals surface area contributed by atoms with Crippen molar-refractivity contribution >= 4 is 27.7 Å². The minimum absolute atomic E-state index is 0.0212. The number of hydrogen-bond donors (Lipinski definition) is 1. The zero-order chi connectivity index (χ0) is 16.4. The van der Waals surface area contributed by atoms with E-state index in [0.717, 1.165) is 30.2 Å². The van der Waals surface area contributed by atoms with Gasteiger partial charge >= 0.3 is 0 Å². The Morgan fingerprint density at radius 2 is 1.48 bits per heavy atom. The molecular formula is C17H22BrN3O2. The molecule has 1 saturated heterocycles. The predicted molar refractivity (Wildman–Crippen MR) is 92.0 cm³/mol. The molecular weight excluding hydrogens is 358 g/mol. The lowest BCUT2D eigenvalue weighted by Gasteiger charge is -2.38. The van der Waals surface area contributed by atoms with Crippen molar-refractivity contribution in [1.82, 2.24) is 9.80 Å². The molecule has 0 atom stereocenters. The van der Waals surface area contributed by atoms with Gasteiger partial charge in [0, 0.05) is 36.2 Å². The lowest BCUT2D eigenvalue weighted by molar-refractivity contribution is -0.138. The van der Waals surface area contributed by atoms with Crippen LogP contribution in [0, 0.1) is 0 Å². The van der Waals surface area contributed by atoms with Gasteiger partial charge < -0.3 is 15.5 Å². The molecule has 2 amide bonds. The van der Waals surface area contributed by atoms with E-state index in [4.69, 9.17) is 5.73 Å². The van der Waals surface area contributed by atoms with Crippen LogP contribution in [0.4, 0.5) is 0 Å². The van der Waals surface area contributed by atoms with Crippen molar-refractivity contribution in [2.24, 2.45) is 5.73 Å². The molecule has 124 valence electrons. The standard InChI is InChI=1S/C17H22BrN3O2/c18-14-5-3-13(4-6-14)15(22)20-9-11-21(12-10-20)16(23)17(19)7-1-2-8-17/h3-6H,1-2,7-12,19H2. The number of halogens is 1. The first kappa shape index (κ1) is 16.5. The quantitative estimate of drug-likeness (QED) is 0.854. The molecule has 0 aromatic heterocycles. The van der Waals surface area contributed by atoms with Crippen molar-refractivity contribution in [2.75, 3.05) is 26.2 Å². The molecule has 1 aliphatic heterocycles. The fraction of sp³-hybridized carbons (Fsp3) is 0.529. The Hall–Kier alpha value is -1.40. The fourth-order valence-corrected chi connectivity index (χ4v) is 3.69. The number of hydrogen-bond acceptors (Lipinski definition) is 3. The van der Waals surface area contributed by atoms with E-state index in [0.29, 0.717) is 31.7 Å². The number of carbonyl (C=O) groups is 2. The van der Waals surface area contributed by atoms with E-state index in [1.807, 2.05) is 34.1 Å². The molecule has 2 aliphatic rings. The molecule has 1 aromatic rings. The number of nitrogens with two attached hydrogens (primary N) is 1. The van der Waals surface area contributed by atoms with Crippen LogP contribution in [-0.2, 0) is 4.79 Å². The summed E-state index contributed by atoms with van der Waals surface area (Å²) >= 11 is 3.37. The van der Waals surface area contributed by atoms with Crippen LogP contribution in [0.2, 0.25) is 0 Å². The van der Waals surface area contributed by atoms with Gasteiger partial charge in [-0.2, -0.15) is 0 Å². The van der Waals surface area contributed by atoms with Gasteiger partial charge in [0.05, 0.1) is 5.54 Å². The summed E-state index contributed by atoms with van der Waals surface area (Å²) < 4.78 is 0.953. The first-order valence-corrected chi connectivity index (χ1v) is 8.92. The van der Waals surface area contributed by atoms with Crippen LogP contribution >= 0.6 is 15.9 Å². The monoisotopic (exact) mass is 379 g/mol. The van der Waals surface area contributed by atoms with E-state index in [2.05, 4.69) is 15.9 Å². The summed E-state index contributed by atoms with van der Waals surface area (Å²) in [6.07, 6.45) is 3.63. The first-order chi connectivity index (χ1) is 11.0. The SMILES string of the molecule is NC1(C(=O)N2CCN(C(=O)c3ccc(Br)cc3)CC2)CCCC1. The highest BCUT2D eigenvalue weighted by Gasteiger charge is 2.40. The van der Waals surface area contributed by atoms with Crippen LogP contribution in [-0.4, -0.2) is 53.3 Å². The Morgan fingerprint density at radius 1 is 0.957 bits per heavy atom. The third-order valence-corrected chi connectivity index (χ3v) is 5.40. The third-order valence-electron chi connectivity index (χ3n) is 4.87. The van der Waals surface area contributed by atoms with E-state index < -0.39 is 5.54 Å². The number of benzene rings is 1. The highest BCUT2D eigenvalue weighted by molar-refractivity contribution is 9.10. The number of amides is 2. The highest BCUT2D eigenvalue weighted by atomic mass is 79.9. The van der Waals surface area contributed by atoms with Crippen molar-refractivity contribution in [3.63, 3.8) is 0 Å². The van der Waals surface area contributed by atoms with Gasteiger partial charge in [-0.05, 0) is 37.1 Å². The Bertz CT molecular complexity index is 588. The Kier molecular flexibility index (Phi) is 4.73. The van der Waals surface area contributed by atoms with Crippen LogP contribution in [0.15, 0.2) is 28.7 Å². The molecule has 0 spiro atoms. The smallest absolute Gasteiger partial charge is 0.253 e. The van der Waals surface area contributed by atoms with Gasteiger partial charge in [0.2, 0.25) is 5.91 Å². The molecule has 0 unspecified atom stereocenters. The second-order valence-electron chi connectivity index (χ2n) is 6.45. The maximum absolute atomic E-state index is 12.6. The molecule has 23 heavy (non-hydrogen) atoms. The zero-order valence-electron chi connectivity index (χ0n) is 13.1. The summed E-state index contributed by atoms with van der Waals surface area (Å²) in [5.74, 6) is 0.0821. The first-order valence-electron chi connectivity index (χ1n) is 8.13. The maximum atomic E-state index is 12.6. The average molecular weight is 380 g/mol. The van der Waals surface area contributed by atoms with Crippen molar-refractivity contribution in [3.05, 3.63) is 34.3 Å². The number of nitrogens with zero attached hydrogens (tertiary/aromatic N) is 2. The molecule has 2 N–H and O–H groups in total. The largest absolute Gasteiger partial charge is 0.338 e. The summed E-state index contributed by atoms with van der Waals surface area (Å²) in [6, 6.07) is 7.37. The number of carbonyl (C=O) groups excluding carboxylic acids is 2. The Balaban J connectivity index is 1.59. The van der Waals surface area contributed by atoms with Crippen LogP contribution < -0.4 is 5.73 Å². The third kappa shape index (κ3) is 3.43. The van der Waals surface area contributed by atoms with Crippen molar-refractivity contribution in [2.45, 2.75) is 31.2 Å². The minimum atomic E-state index is -0.669. The highest BCUT2D eigenvalue weighted by Crippen LogP contribution is 2.29. The maximum Gasteiger partial charge on any atom is 0.253 e. The van der Waals surface area contributed by atoms with E-state index in [1.54, 1.807) is 0 Å². The van der Waals surface area contributed by atoms with Gasteiger partial charge in [-0.15, -0.1) is 0 Å². The second-order valence-corrected chi connectivity index (χ2v) is 7.37. The van der Waals surface area contributed by atoms with Gasteiger partial charge in [-0.3, -0.25) is 9.59 Å². The van der Waals surface area contributed by atoms with Crippen LogP contribution in [0.25, 0.3) is 0 Å². The summed E-state index contributed by atoms with van der Waals surface area (Å²) in [5, 5.41) is 0. The van der Waals surface area contributed by atoms with Gasteiger partial charge in [0.1, 0.15) is 0 Å². The molecule has 5 nitrogen and oxygen atoms in total. The van der Waals surface area contributed by atoms with Gasteiger partial charge in [-0.25, -0.2) is 0 Å². The van der Waals surface area contributed by atoms with E-state index >= 15 is 0 Å².